The molecule has 1 atom stereocenters. The monoisotopic (exact) mass is 417 g/mol. The molecule has 0 radical (unpaired) electrons. The Bertz CT molecular complexity index is 912. The summed E-state index contributed by atoms with van der Waals surface area (Å²) in [6, 6.07) is 7.62. The number of nitrogens with zero attached hydrogens (tertiary/aromatic N) is 3. The summed E-state index contributed by atoms with van der Waals surface area (Å²) in [4.78, 5) is 4.40. The number of benzene rings is 1. The van der Waals surface area contributed by atoms with Crippen LogP contribution in [0.3, 0.4) is 0 Å². The van der Waals surface area contributed by atoms with Gasteiger partial charge in [-0.05, 0) is 31.2 Å². The van der Waals surface area contributed by atoms with E-state index >= 15 is 0 Å². The highest BCUT2D eigenvalue weighted by atomic mass is 32.2. The van der Waals surface area contributed by atoms with Crippen molar-refractivity contribution < 1.29 is 26.1 Å². The van der Waals surface area contributed by atoms with Crippen molar-refractivity contribution in [2.24, 2.45) is 5.92 Å². The van der Waals surface area contributed by atoms with Crippen molar-refractivity contribution in [2.75, 3.05) is 18.8 Å². The first-order valence-electron chi connectivity index (χ1n) is 9.07. The molecule has 0 spiro atoms. The number of hydrogen-bond acceptors (Lipinski definition) is 5. The molecule has 0 N–H and O–H groups in total. The molecule has 0 aliphatic carbocycles. The van der Waals surface area contributed by atoms with Gasteiger partial charge in [-0.2, -0.15) is 18.2 Å². The molecule has 1 aliphatic heterocycles. The van der Waals surface area contributed by atoms with Crippen molar-refractivity contribution in [1.82, 2.24) is 14.4 Å². The number of sulfonamides is 1. The molecule has 10 heteroatoms. The molecule has 1 fully saturated rings. The van der Waals surface area contributed by atoms with Gasteiger partial charge in [0.1, 0.15) is 0 Å². The number of hydrogen-bond donors (Lipinski definition) is 0. The molecule has 0 bridgehead atoms. The molecule has 1 saturated heterocycles. The minimum absolute atomic E-state index is 0.0698. The molecule has 1 aromatic heterocycles. The second-order valence-corrected chi connectivity index (χ2v) is 9.17. The predicted molar refractivity (Wildman–Crippen MR) is 96.9 cm³/mol. The van der Waals surface area contributed by atoms with E-state index in [4.69, 9.17) is 4.52 Å². The second kappa shape index (κ2) is 8.20. The lowest BCUT2D eigenvalue weighted by atomic mass is 9.96. The number of aromatic nitrogens is 2. The van der Waals surface area contributed by atoms with Crippen molar-refractivity contribution in [1.29, 1.82) is 0 Å². The molecule has 1 aliphatic rings. The molecule has 2 heterocycles. The van der Waals surface area contributed by atoms with Crippen LogP contribution in [0.5, 0.6) is 0 Å². The fourth-order valence-electron chi connectivity index (χ4n) is 3.34. The number of rotatable bonds is 6. The molecular weight excluding hydrogens is 395 g/mol. The van der Waals surface area contributed by atoms with Gasteiger partial charge in [0.15, 0.2) is 0 Å². The second-order valence-electron chi connectivity index (χ2n) is 7.08. The van der Waals surface area contributed by atoms with Gasteiger partial charge in [-0.25, -0.2) is 12.7 Å². The molecule has 154 valence electrons. The third kappa shape index (κ3) is 5.32. The van der Waals surface area contributed by atoms with Gasteiger partial charge in [0.2, 0.25) is 21.7 Å². The lowest BCUT2D eigenvalue weighted by molar-refractivity contribution is -0.130. The number of alkyl halides is 3. The number of aryl methyl sites for hydroxylation is 1. The summed E-state index contributed by atoms with van der Waals surface area (Å²) in [7, 11) is -3.94. The molecule has 2 aromatic rings. The summed E-state index contributed by atoms with van der Waals surface area (Å²) in [5, 5.41) is 3.99. The lowest BCUT2D eigenvalue weighted by Gasteiger charge is -2.31. The van der Waals surface area contributed by atoms with Gasteiger partial charge in [0.25, 0.3) is 0 Å². The highest BCUT2D eigenvalue weighted by molar-refractivity contribution is 7.89. The van der Waals surface area contributed by atoms with Crippen LogP contribution in [0.15, 0.2) is 28.8 Å². The third-order valence-electron chi connectivity index (χ3n) is 4.84. The van der Waals surface area contributed by atoms with Crippen molar-refractivity contribution >= 4 is 10.0 Å². The minimum atomic E-state index is -4.49. The molecular formula is C18H22F3N3O3S. The zero-order chi connectivity index (χ0) is 20.4. The smallest absolute Gasteiger partial charge is 0.339 e. The Morgan fingerprint density at radius 2 is 2.04 bits per heavy atom. The molecule has 1 aromatic carbocycles. The normalized spacial score (nSPS) is 19.1. The fourth-order valence-corrected chi connectivity index (χ4v) is 4.93. The molecule has 0 saturated carbocycles. The zero-order valence-electron chi connectivity index (χ0n) is 15.4. The minimum Gasteiger partial charge on any atom is -0.339 e. The summed E-state index contributed by atoms with van der Waals surface area (Å²) in [5.41, 5.74) is 1.87. The summed E-state index contributed by atoms with van der Waals surface area (Å²) in [6.45, 7) is 2.35. The van der Waals surface area contributed by atoms with E-state index in [-0.39, 0.29) is 19.0 Å². The van der Waals surface area contributed by atoms with Crippen LogP contribution in [0.25, 0.3) is 11.4 Å². The summed E-state index contributed by atoms with van der Waals surface area (Å²) in [6.07, 6.45) is -4.08. The first-order valence-corrected chi connectivity index (χ1v) is 10.7. The van der Waals surface area contributed by atoms with Crippen LogP contribution in [-0.2, 0) is 16.4 Å². The standard InChI is InChI=1S/C18H22F3N3O3S/c1-13-5-2-3-7-15(13)17-22-16(27-23-17)11-14-6-4-9-24(12-14)28(25,26)10-8-18(19,20)21/h2-3,5,7,14H,4,6,8-12H2,1H3. The van der Waals surface area contributed by atoms with Crippen molar-refractivity contribution in [3.63, 3.8) is 0 Å². The Labute approximate surface area is 161 Å². The SMILES string of the molecule is Cc1ccccc1-c1noc(CC2CCCN(S(=O)(=O)CCC(F)(F)F)C2)n1. The van der Waals surface area contributed by atoms with E-state index in [0.717, 1.165) is 21.9 Å². The predicted octanol–water partition coefficient (Wildman–Crippen LogP) is 3.58. The Balaban J connectivity index is 1.63. The van der Waals surface area contributed by atoms with Crippen LogP contribution in [0.4, 0.5) is 13.2 Å². The first-order chi connectivity index (χ1) is 13.1. The summed E-state index contributed by atoms with van der Waals surface area (Å²) in [5.74, 6) is -0.114. The lowest BCUT2D eigenvalue weighted by Crippen LogP contribution is -2.42. The van der Waals surface area contributed by atoms with Gasteiger partial charge in [0.05, 0.1) is 12.2 Å². The fraction of sp³-hybridized carbons (Fsp3) is 0.556. The maximum atomic E-state index is 12.4. The average Bonchev–Trinajstić information content (AvgIpc) is 3.08. The van der Waals surface area contributed by atoms with Gasteiger partial charge in [-0.15, -0.1) is 0 Å². The Morgan fingerprint density at radius 3 is 2.75 bits per heavy atom. The third-order valence-corrected chi connectivity index (χ3v) is 6.67. The number of halogens is 3. The van der Waals surface area contributed by atoms with Crippen LogP contribution in [0.1, 0.15) is 30.7 Å². The van der Waals surface area contributed by atoms with Gasteiger partial charge in [0, 0.05) is 25.1 Å². The summed E-state index contributed by atoms with van der Waals surface area (Å²) < 4.78 is 68.1. The van der Waals surface area contributed by atoms with Crippen LogP contribution in [0.2, 0.25) is 0 Å². The maximum Gasteiger partial charge on any atom is 0.390 e. The largest absolute Gasteiger partial charge is 0.390 e. The van der Waals surface area contributed by atoms with Crippen LogP contribution in [-0.4, -0.2) is 47.9 Å². The van der Waals surface area contributed by atoms with Gasteiger partial charge in [-0.1, -0.05) is 29.4 Å². The first kappa shape index (κ1) is 20.8. The van der Waals surface area contributed by atoms with E-state index in [0.29, 0.717) is 24.6 Å². The van der Waals surface area contributed by atoms with Gasteiger partial charge >= 0.3 is 6.18 Å². The van der Waals surface area contributed by atoms with E-state index in [9.17, 15) is 21.6 Å². The van der Waals surface area contributed by atoms with E-state index in [2.05, 4.69) is 10.1 Å². The van der Waals surface area contributed by atoms with Crippen molar-refractivity contribution in [2.45, 2.75) is 38.8 Å². The highest BCUT2D eigenvalue weighted by Gasteiger charge is 2.34. The topological polar surface area (TPSA) is 76.3 Å². The van der Waals surface area contributed by atoms with Gasteiger partial charge in [-0.3, -0.25) is 0 Å². The molecule has 0 amide bonds. The van der Waals surface area contributed by atoms with Crippen molar-refractivity contribution in [3.8, 4) is 11.4 Å². The molecule has 28 heavy (non-hydrogen) atoms. The molecule has 3 rings (SSSR count). The Hall–Kier alpha value is -1.94. The Morgan fingerprint density at radius 1 is 1.29 bits per heavy atom. The zero-order valence-corrected chi connectivity index (χ0v) is 16.3. The van der Waals surface area contributed by atoms with Crippen LogP contribution < -0.4 is 0 Å². The quantitative estimate of drug-likeness (QED) is 0.718. The Kier molecular flexibility index (Phi) is 6.09. The summed E-state index contributed by atoms with van der Waals surface area (Å²) >= 11 is 0. The molecule has 6 nitrogen and oxygen atoms in total. The average molecular weight is 417 g/mol. The van der Waals surface area contributed by atoms with Gasteiger partial charge < -0.3 is 4.52 Å². The van der Waals surface area contributed by atoms with Crippen LogP contribution >= 0.6 is 0 Å². The van der Waals surface area contributed by atoms with Crippen molar-refractivity contribution in [3.05, 3.63) is 35.7 Å². The van der Waals surface area contributed by atoms with E-state index in [1.165, 1.54) is 0 Å². The van der Waals surface area contributed by atoms with E-state index in [1.807, 2.05) is 31.2 Å². The highest BCUT2D eigenvalue weighted by Crippen LogP contribution is 2.26. The maximum absolute atomic E-state index is 12.4. The van der Waals surface area contributed by atoms with E-state index < -0.39 is 28.4 Å². The molecule has 1 unspecified atom stereocenters. The van der Waals surface area contributed by atoms with Crippen LogP contribution in [0, 0.1) is 12.8 Å². The van der Waals surface area contributed by atoms with E-state index in [1.54, 1.807) is 0 Å². The number of piperidine rings is 1.